The number of aryl methyl sites for hydroxylation is 1. The molecule has 15 heavy (non-hydrogen) atoms. The normalized spacial score (nSPS) is 10.0. The minimum atomic E-state index is -0.533. The number of rotatable bonds is 4. The first-order chi connectivity index (χ1) is 7.06. The summed E-state index contributed by atoms with van der Waals surface area (Å²) in [4.78, 5) is 21.3. The van der Waals surface area contributed by atoms with Crippen molar-refractivity contribution in [1.29, 1.82) is 0 Å². The van der Waals surface area contributed by atoms with Gasteiger partial charge in [0.25, 0.3) is 5.69 Å². The van der Waals surface area contributed by atoms with Gasteiger partial charge in [0.1, 0.15) is 0 Å². The second kappa shape index (κ2) is 5.02. The van der Waals surface area contributed by atoms with Crippen molar-refractivity contribution in [3.8, 4) is 0 Å². The van der Waals surface area contributed by atoms with E-state index in [1.165, 1.54) is 13.0 Å². The van der Waals surface area contributed by atoms with Crippen molar-refractivity contribution < 1.29 is 9.72 Å². The zero-order valence-corrected chi connectivity index (χ0v) is 9.78. The Morgan fingerprint density at radius 2 is 2.20 bits per heavy atom. The number of nitro groups is 1. The monoisotopic (exact) mass is 271 g/mol. The second-order valence-corrected chi connectivity index (χ2v) is 3.90. The maximum atomic E-state index is 11.2. The molecule has 0 saturated heterocycles. The summed E-state index contributed by atoms with van der Waals surface area (Å²) in [6.45, 7) is 1.33. The van der Waals surface area contributed by atoms with E-state index >= 15 is 0 Å². The van der Waals surface area contributed by atoms with Crippen molar-refractivity contribution in [1.82, 2.24) is 0 Å². The van der Waals surface area contributed by atoms with Gasteiger partial charge in [0.2, 0.25) is 0 Å². The number of benzene rings is 1. The van der Waals surface area contributed by atoms with E-state index in [0.717, 1.165) is 17.3 Å². The molecular weight excluding hydrogens is 262 g/mol. The molecule has 5 heteroatoms. The third kappa shape index (κ3) is 2.86. The van der Waals surface area contributed by atoms with Gasteiger partial charge in [-0.3, -0.25) is 14.9 Å². The van der Waals surface area contributed by atoms with Gasteiger partial charge in [0.05, 0.1) is 10.5 Å². The molecule has 4 nitrogen and oxygen atoms in total. The molecule has 0 spiro atoms. The van der Waals surface area contributed by atoms with Gasteiger partial charge in [-0.2, -0.15) is 0 Å². The highest BCUT2D eigenvalue weighted by molar-refractivity contribution is 9.09. The van der Waals surface area contributed by atoms with E-state index in [1.807, 2.05) is 0 Å². The van der Waals surface area contributed by atoms with Gasteiger partial charge in [-0.05, 0) is 25.0 Å². The maximum absolute atomic E-state index is 11.2. The van der Waals surface area contributed by atoms with Crippen LogP contribution in [0.15, 0.2) is 18.2 Å². The van der Waals surface area contributed by atoms with Crippen molar-refractivity contribution in [3.05, 3.63) is 39.4 Å². The topological polar surface area (TPSA) is 60.2 Å². The van der Waals surface area contributed by atoms with E-state index in [4.69, 9.17) is 0 Å². The fourth-order valence-corrected chi connectivity index (χ4v) is 1.75. The third-order valence-electron chi connectivity index (χ3n) is 2.02. The van der Waals surface area contributed by atoms with Gasteiger partial charge in [0.15, 0.2) is 5.78 Å². The Labute approximate surface area is 95.6 Å². The average Bonchev–Trinajstić information content (AvgIpc) is 2.17. The average molecular weight is 272 g/mol. The number of alkyl halides is 1. The number of carbonyl (C=O) groups excluding carboxylic acids is 1. The molecule has 0 bridgehead atoms. The van der Waals surface area contributed by atoms with Crippen LogP contribution in [0.25, 0.3) is 0 Å². The lowest BCUT2D eigenvalue weighted by Crippen LogP contribution is -2.01. The highest BCUT2D eigenvalue weighted by atomic mass is 79.9. The summed E-state index contributed by atoms with van der Waals surface area (Å²) in [7, 11) is 0. The van der Waals surface area contributed by atoms with Crippen LogP contribution in [-0.4, -0.2) is 16.0 Å². The van der Waals surface area contributed by atoms with Crippen molar-refractivity contribution >= 4 is 27.4 Å². The van der Waals surface area contributed by atoms with Crippen LogP contribution in [-0.2, 0) is 6.42 Å². The van der Waals surface area contributed by atoms with Crippen molar-refractivity contribution in [2.75, 3.05) is 5.33 Å². The summed E-state index contributed by atoms with van der Waals surface area (Å²) >= 11 is 3.28. The first-order valence-corrected chi connectivity index (χ1v) is 5.52. The summed E-state index contributed by atoms with van der Waals surface area (Å²) in [5.41, 5.74) is 0.974. The van der Waals surface area contributed by atoms with Crippen LogP contribution in [0.1, 0.15) is 22.8 Å². The van der Waals surface area contributed by atoms with Gasteiger partial charge in [-0.1, -0.05) is 22.0 Å². The van der Waals surface area contributed by atoms with Crippen LogP contribution >= 0.6 is 15.9 Å². The van der Waals surface area contributed by atoms with E-state index in [9.17, 15) is 14.9 Å². The van der Waals surface area contributed by atoms with Crippen LogP contribution in [0.2, 0.25) is 0 Å². The molecule has 0 unspecified atom stereocenters. The molecule has 0 aliphatic rings. The van der Waals surface area contributed by atoms with Crippen molar-refractivity contribution in [2.24, 2.45) is 0 Å². The van der Waals surface area contributed by atoms with Gasteiger partial charge in [-0.25, -0.2) is 0 Å². The molecule has 0 fully saturated rings. The van der Waals surface area contributed by atoms with E-state index in [1.54, 1.807) is 12.1 Å². The Bertz CT molecular complexity index is 404. The molecule has 0 radical (unpaired) electrons. The fourth-order valence-electron chi connectivity index (χ4n) is 1.29. The molecule has 0 aromatic heterocycles. The number of nitro benzene ring substituents is 1. The first-order valence-electron chi connectivity index (χ1n) is 4.40. The highest BCUT2D eigenvalue weighted by Gasteiger charge is 2.17. The molecule has 1 aromatic carbocycles. The van der Waals surface area contributed by atoms with Crippen molar-refractivity contribution in [2.45, 2.75) is 13.3 Å². The van der Waals surface area contributed by atoms with Crippen LogP contribution in [0.3, 0.4) is 0 Å². The zero-order chi connectivity index (χ0) is 11.4. The van der Waals surface area contributed by atoms with Crippen LogP contribution in [0.4, 0.5) is 5.69 Å². The quantitative estimate of drug-likeness (QED) is 0.366. The Balaban J connectivity index is 3.21. The molecule has 0 aliphatic carbocycles. The number of hydrogen-bond acceptors (Lipinski definition) is 3. The lowest BCUT2D eigenvalue weighted by molar-refractivity contribution is -0.385. The first kappa shape index (κ1) is 11.8. The molecular formula is C10H10BrNO3. The molecule has 0 amide bonds. The number of Topliss-reactive ketones (excluding diaryl/α,β-unsaturated/α-hetero) is 1. The third-order valence-corrected chi connectivity index (χ3v) is 2.42. The summed E-state index contributed by atoms with van der Waals surface area (Å²) in [5.74, 6) is -0.280. The lowest BCUT2D eigenvalue weighted by atomic mass is 10.0. The molecule has 1 aromatic rings. The molecule has 0 N–H and O–H groups in total. The second-order valence-electron chi connectivity index (χ2n) is 3.10. The van der Waals surface area contributed by atoms with E-state index in [2.05, 4.69) is 15.9 Å². The van der Waals surface area contributed by atoms with E-state index in [-0.39, 0.29) is 17.0 Å². The molecule has 80 valence electrons. The summed E-state index contributed by atoms with van der Waals surface area (Å²) in [6, 6.07) is 4.64. The number of halogens is 1. The van der Waals surface area contributed by atoms with Crippen molar-refractivity contribution in [3.63, 3.8) is 0 Å². The van der Waals surface area contributed by atoms with Gasteiger partial charge >= 0.3 is 0 Å². The minimum Gasteiger partial charge on any atom is -0.294 e. The summed E-state index contributed by atoms with van der Waals surface area (Å²) in [5, 5.41) is 11.4. The minimum absolute atomic E-state index is 0.124. The molecule has 0 heterocycles. The predicted octanol–water partition coefficient (Wildman–Crippen LogP) is 2.73. The predicted molar refractivity (Wildman–Crippen MR) is 60.6 cm³/mol. The Kier molecular flexibility index (Phi) is 3.96. The largest absolute Gasteiger partial charge is 0.294 e. The Hall–Kier alpha value is -1.23. The van der Waals surface area contributed by atoms with Gasteiger partial charge in [-0.15, -0.1) is 0 Å². The number of carbonyl (C=O) groups is 1. The Morgan fingerprint density at radius 1 is 1.53 bits per heavy atom. The highest BCUT2D eigenvalue weighted by Crippen LogP contribution is 2.21. The molecule has 0 aliphatic heterocycles. The fraction of sp³-hybridized carbons (Fsp3) is 0.300. The standard InChI is InChI=1S/C10H10BrNO3/c1-7(13)9-6-8(4-5-11)2-3-10(9)12(14)15/h2-3,6H,4-5H2,1H3. The lowest BCUT2D eigenvalue weighted by Gasteiger charge is -2.02. The van der Waals surface area contributed by atoms with E-state index < -0.39 is 4.92 Å². The Morgan fingerprint density at radius 3 is 2.67 bits per heavy atom. The number of ketones is 1. The zero-order valence-electron chi connectivity index (χ0n) is 8.20. The smallest absolute Gasteiger partial charge is 0.280 e. The van der Waals surface area contributed by atoms with Gasteiger partial charge < -0.3 is 0 Å². The van der Waals surface area contributed by atoms with Crippen LogP contribution in [0, 0.1) is 10.1 Å². The molecule has 0 atom stereocenters. The van der Waals surface area contributed by atoms with Crippen LogP contribution < -0.4 is 0 Å². The molecule has 1 rings (SSSR count). The number of hydrogen-bond donors (Lipinski definition) is 0. The summed E-state index contributed by atoms with van der Waals surface area (Å²) in [6.07, 6.45) is 0.748. The maximum Gasteiger partial charge on any atom is 0.280 e. The SMILES string of the molecule is CC(=O)c1cc(CCBr)ccc1[N+](=O)[O-]. The molecule has 0 saturated carbocycles. The number of nitrogens with zero attached hydrogens (tertiary/aromatic N) is 1. The van der Waals surface area contributed by atoms with Gasteiger partial charge in [0, 0.05) is 11.4 Å². The van der Waals surface area contributed by atoms with Crippen LogP contribution in [0.5, 0.6) is 0 Å². The van der Waals surface area contributed by atoms with E-state index in [0.29, 0.717) is 0 Å². The summed E-state index contributed by atoms with van der Waals surface area (Å²) < 4.78 is 0.